The summed E-state index contributed by atoms with van der Waals surface area (Å²) in [6, 6.07) is 8.15. The van der Waals surface area contributed by atoms with Crippen molar-refractivity contribution >= 4 is 6.09 Å². The molecule has 0 spiro atoms. The molecular formula is C18H30N2O3. The maximum atomic E-state index is 11.6. The molecule has 1 atom stereocenters. The van der Waals surface area contributed by atoms with Crippen molar-refractivity contribution in [3.8, 4) is 5.75 Å². The maximum Gasteiger partial charge on any atom is 0.407 e. The summed E-state index contributed by atoms with van der Waals surface area (Å²) in [5.74, 6) is 0.874. The molecule has 0 aromatic heterocycles. The lowest BCUT2D eigenvalue weighted by Gasteiger charge is -2.21. The second kappa shape index (κ2) is 8.77. The zero-order chi connectivity index (χ0) is 17.5. The molecule has 0 aliphatic carbocycles. The highest BCUT2D eigenvalue weighted by atomic mass is 16.6. The fourth-order valence-electron chi connectivity index (χ4n) is 1.92. The van der Waals surface area contributed by atoms with Crippen LogP contribution in [0.5, 0.6) is 5.75 Å². The summed E-state index contributed by atoms with van der Waals surface area (Å²) in [5.41, 5.74) is 0.671. The van der Waals surface area contributed by atoms with Gasteiger partial charge < -0.3 is 20.1 Å². The van der Waals surface area contributed by atoms with Gasteiger partial charge in [-0.2, -0.15) is 0 Å². The molecule has 23 heavy (non-hydrogen) atoms. The number of hydrogen-bond acceptors (Lipinski definition) is 4. The highest BCUT2D eigenvalue weighted by Crippen LogP contribution is 2.14. The van der Waals surface area contributed by atoms with Crippen LogP contribution in [0.3, 0.4) is 0 Å². The molecule has 0 heterocycles. The summed E-state index contributed by atoms with van der Waals surface area (Å²) in [7, 11) is 0. The lowest BCUT2D eigenvalue weighted by atomic mass is 10.2. The second-order valence-electron chi connectivity index (χ2n) is 6.98. The molecule has 130 valence electrons. The van der Waals surface area contributed by atoms with Crippen molar-refractivity contribution in [3.63, 3.8) is 0 Å². The third-order valence-electron chi connectivity index (χ3n) is 2.88. The zero-order valence-electron chi connectivity index (χ0n) is 15.1. The first-order chi connectivity index (χ1) is 10.7. The van der Waals surface area contributed by atoms with Crippen molar-refractivity contribution in [1.82, 2.24) is 10.6 Å². The molecule has 1 aromatic carbocycles. The van der Waals surface area contributed by atoms with Crippen molar-refractivity contribution in [2.24, 2.45) is 0 Å². The number of alkyl carbamates (subject to hydrolysis) is 1. The van der Waals surface area contributed by atoms with Gasteiger partial charge in [0, 0.05) is 19.1 Å². The first-order valence-corrected chi connectivity index (χ1v) is 8.11. The summed E-state index contributed by atoms with van der Waals surface area (Å²) >= 11 is 0. The van der Waals surface area contributed by atoms with E-state index in [1.165, 1.54) is 0 Å². The Labute approximate surface area is 139 Å². The Morgan fingerprint density at radius 2 is 1.91 bits per heavy atom. The van der Waals surface area contributed by atoms with E-state index < -0.39 is 11.7 Å². The molecule has 0 radical (unpaired) electrons. The Morgan fingerprint density at radius 3 is 2.52 bits per heavy atom. The van der Waals surface area contributed by atoms with Gasteiger partial charge in [-0.15, -0.1) is 0 Å². The molecule has 0 fully saturated rings. The molecule has 0 aliphatic rings. The molecule has 0 aliphatic heterocycles. The van der Waals surface area contributed by atoms with E-state index in [0.29, 0.717) is 13.1 Å². The predicted octanol–water partition coefficient (Wildman–Crippen LogP) is 3.48. The van der Waals surface area contributed by atoms with Crippen molar-refractivity contribution in [1.29, 1.82) is 0 Å². The molecule has 0 saturated heterocycles. The van der Waals surface area contributed by atoms with Gasteiger partial charge in [0.25, 0.3) is 0 Å². The smallest absolute Gasteiger partial charge is 0.407 e. The van der Waals surface area contributed by atoms with E-state index in [4.69, 9.17) is 9.47 Å². The number of rotatable bonds is 7. The monoisotopic (exact) mass is 322 g/mol. The molecule has 1 amide bonds. The van der Waals surface area contributed by atoms with Gasteiger partial charge in [0.1, 0.15) is 11.4 Å². The molecule has 1 aromatic rings. The predicted molar refractivity (Wildman–Crippen MR) is 92.7 cm³/mol. The normalized spacial score (nSPS) is 12.8. The summed E-state index contributed by atoms with van der Waals surface area (Å²) < 4.78 is 10.9. The van der Waals surface area contributed by atoms with Crippen LogP contribution in [0.2, 0.25) is 0 Å². The third-order valence-corrected chi connectivity index (χ3v) is 2.88. The SMILES string of the molecule is CC(CNC(=O)OC(C)(C)C)NCc1cccc(OC(C)C)c1. The zero-order valence-corrected chi connectivity index (χ0v) is 15.1. The highest BCUT2D eigenvalue weighted by Gasteiger charge is 2.16. The molecule has 0 bridgehead atoms. The van der Waals surface area contributed by atoms with Crippen LogP contribution in [-0.4, -0.2) is 30.4 Å². The van der Waals surface area contributed by atoms with E-state index in [-0.39, 0.29) is 12.1 Å². The van der Waals surface area contributed by atoms with Crippen LogP contribution in [0, 0.1) is 0 Å². The minimum absolute atomic E-state index is 0.136. The largest absolute Gasteiger partial charge is 0.491 e. The molecular weight excluding hydrogens is 292 g/mol. The van der Waals surface area contributed by atoms with Gasteiger partial charge in [-0.3, -0.25) is 0 Å². The second-order valence-corrected chi connectivity index (χ2v) is 6.98. The van der Waals surface area contributed by atoms with Crippen molar-refractivity contribution in [3.05, 3.63) is 29.8 Å². The number of benzene rings is 1. The summed E-state index contributed by atoms with van der Waals surface area (Å²) in [6.45, 7) is 12.8. The van der Waals surface area contributed by atoms with Crippen LogP contribution in [0.4, 0.5) is 4.79 Å². The van der Waals surface area contributed by atoms with Gasteiger partial charge >= 0.3 is 6.09 Å². The number of carbonyl (C=O) groups excluding carboxylic acids is 1. The lowest BCUT2D eigenvalue weighted by molar-refractivity contribution is 0.0523. The standard InChI is InChI=1S/C18H30N2O3/c1-13(2)22-16-9-7-8-15(10-16)12-19-14(3)11-20-17(21)23-18(4,5)6/h7-10,13-14,19H,11-12H2,1-6H3,(H,20,21). The first-order valence-electron chi connectivity index (χ1n) is 8.11. The Kier molecular flexibility index (Phi) is 7.36. The number of nitrogens with one attached hydrogen (secondary N) is 2. The third kappa shape index (κ3) is 9.08. The first kappa shape index (κ1) is 19.3. The van der Waals surface area contributed by atoms with E-state index in [2.05, 4.69) is 10.6 Å². The van der Waals surface area contributed by atoms with E-state index in [9.17, 15) is 4.79 Å². The summed E-state index contributed by atoms with van der Waals surface area (Å²) in [4.78, 5) is 11.6. The fraction of sp³-hybridized carbons (Fsp3) is 0.611. The van der Waals surface area contributed by atoms with Crippen LogP contribution >= 0.6 is 0 Å². The minimum atomic E-state index is -0.475. The van der Waals surface area contributed by atoms with E-state index in [0.717, 1.165) is 11.3 Å². The van der Waals surface area contributed by atoms with Crippen LogP contribution < -0.4 is 15.4 Å². The fourth-order valence-corrected chi connectivity index (χ4v) is 1.92. The van der Waals surface area contributed by atoms with Crippen molar-refractivity contribution in [2.75, 3.05) is 6.54 Å². The van der Waals surface area contributed by atoms with E-state index in [1.54, 1.807) is 0 Å². The Bertz CT molecular complexity index is 495. The molecule has 1 rings (SSSR count). The Hall–Kier alpha value is -1.75. The van der Waals surface area contributed by atoms with Crippen LogP contribution in [0.25, 0.3) is 0 Å². The highest BCUT2D eigenvalue weighted by molar-refractivity contribution is 5.67. The van der Waals surface area contributed by atoms with E-state index in [1.807, 2.05) is 65.8 Å². The van der Waals surface area contributed by atoms with E-state index >= 15 is 0 Å². The maximum absolute atomic E-state index is 11.6. The number of hydrogen-bond donors (Lipinski definition) is 2. The topological polar surface area (TPSA) is 59.6 Å². The van der Waals surface area contributed by atoms with Gasteiger partial charge in [0.15, 0.2) is 0 Å². The number of carbonyl (C=O) groups is 1. The van der Waals surface area contributed by atoms with Gasteiger partial charge in [-0.1, -0.05) is 12.1 Å². The average Bonchev–Trinajstić information content (AvgIpc) is 2.41. The van der Waals surface area contributed by atoms with Crippen LogP contribution in [-0.2, 0) is 11.3 Å². The Balaban J connectivity index is 2.36. The van der Waals surface area contributed by atoms with Gasteiger partial charge in [-0.25, -0.2) is 4.79 Å². The summed E-state index contributed by atoms with van der Waals surface area (Å²) in [5, 5.41) is 6.14. The van der Waals surface area contributed by atoms with Gasteiger partial charge in [0.2, 0.25) is 0 Å². The molecule has 5 nitrogen and oxygen atoms in total. The Morgan fingerprint density at radius 1 is 1.22 bits per heavy atom. The van der Waals surface area contributed by atoms with Gasteiger partial charge in [-0.05, 0) is 59.2 Å². The molecule has 2 N–H and O–H groups in total. The molecule has 5 heteroatoms. The average molecular weight is 322 g/mol. The van der Waals surface area contributed by atoms with Crippen molar-refractivity contribution in [2.45, 2.75) is 65.8 Å². The molecule has 0 saturated carbocycles. The number of ether oxygens (including phenoxy) is 2. The number of amides is 1. The summed E-state index contributed by atoms with van der Waals surface area (Å²) in [6.07, 6.45) is -0.228. The van der Waals surface area contributed by atoms with Crippen molar-refractivity contribution < 1.29 is 14.3 Å². The lowest BCUT2D eigenvalue weighted by Crippen LogP contribution is -2.40. The molecule has 1 unspecified atom stereocenters. The quantitative estimate of drug-likeness (QED) is 0.807. The van der Waals surface area contributed by atoms with Crippen LogP contribution in [0.1, 0.15) is 47.1 Å². The minimum Gasteiger partial charge on any atom is -0.491 e. The van der Waals surface area contributed by atoms with Crippen LogP contribution in [0.15, 0.2) is 24.3 Å². The van der Waals surface area contributed by atoms with Gasteiger partial charge in [0.05, 0.1) is 6.10 Å².